The zero-order chi connectivity index (χ0) is 15.1. The Labute approximate surface area is 128 Å². The second-order valence-corrected chi connectivity index (χ2v) is 5.96. The molecule has 2 aliphatic rings. The van der Waals surface area contributed by atoms with Crippen LogP contribution in [0.4, 0.5) is 11.5 Å². The topological polar surface area (TPSA) is 62.2 Å². The van der Waals surface area contributed by atoms with Crippen molar-refractivity contribution in [2.24, 2.45) is 11.8 Å². The highest BCUT2D eigenvalue weighted by Gasteiger charge is 2.47. The Balaban J connectivity index is 1.51. The maximum Gasteiger partial charge on any atom is 0.232 e. The lowest BCUT2D eigenvalue weighted by Crippen LogP contribution is -2.33. The van der Waals surface area contributed by atoms with E-state index in [9.17, 15) is 4.79 Å². The quantitative estimate of drug-likeness (QED) is 0.835. The van der Waals surface area contributed by atoms with Gasteiger partial charge in [-0.1, -0.05) is 0 Å². The van der Waals surface area contributed by atoms with Gasteiger partial charge in [-0.25, -0.2) is 0 Å². The van der Waals surface area contributed by atoms with E-state index in [-0.39, 0.29) is 11.8 Å². The van der Waals surface area contributed by atoms with Gasteiger partial charge in [0.25, 0.3) is 0 Å². The van der Waals surface area contributed by atoms with Crippen molar-refractivity contribution in [3.05, 3.63) is 42.4 Å². The lowest BCUT2D eigenvalue weighted by atomic mass is 10.0. The Kier molecular flexibility index (Phi) is 3.03. The molecule has 0 radical (unpaired) electrons. The van der Waals surface area contributed by atoms with E-state index in [2.05, 4.69) is 20.1 Å². The molecule has 6 nitrogen and oxygen atoms in total. The summed E-state index contributed by atoms with van der Waals surface area (Å²) in [6, 6.07) is 7.74. The van der Waals surface area contributed by atoms with Crippen molar-refractivity contribution >= 4 is 17.4 Å². The molecule has 0 unspecified atom stereocenters. The van der Waals surface area contributed by atoms with Crippen LogP contribution in [0, 0.1) is 18.8 Å². The van der Waals surface area contributed by atoms with Crippen molar-refractivity contribution in [3.63, 3.8) is 0 Å². The van der Waals surface area contributed by atoms with Crippen LogP contribution in [-0.4, -0.2) is 40.7 Å². The van der Waals surface area contributed by atoms with E-state index < -0.39 is 0 Å². The summed E-state index contributed by atoms with van der Waals surface area (Å²) < 4.78 is 0. The number of hydrogen-bond acceptors (Lipinski definition) is 5. The van der Waals surface area contributed by atoms with Crippen molar-refractivity contribution in [1.29, 1.82) is 0 Å². The maximum absolute atomic E-state index is 12.7. The number of aromatic nitrogens is 3. The van der Waals surface area contributed by atoms with Crippen LogP contribution in [0.2, 0.25) is 0 Å². The molecule has 4 heterocycles. The minimum atomic E-state index is 0.0447. The molecule has 2 aliphatic heterocycles. The first-order valence-electron chi connectivity index (χ1n) is 7.49. The molecule has 112 valence electrons. The lowest BCUT2D eigenvalue weighted by Gasteiger charge is -2.22. The minimum Gasteiger partial charge on any atom is -0.354 e. The fourth-order valence-electron chi connectivity index (χ4n) is 3.35. The highest BCUT2D eigenvalue weighted by molar-refractivity contribution is 5.98. The average Bonchev–Trinajstić information content (AvgIpc) is 3.09. The summed E-state index contributed by atoms with van der Waals surface area (Å²) in [5.41, 5.74) is 1.80. The van der Waals surface area contributed by atoms with Gasteiger partial charge in [0.15, 0.2) is 5.82 Å². The van der Waals surface area contributed by atoms with Gasteiger partial charge in [0.05, 0.1) is 23.5 Å². The summed E-state index contributed by atoms with van der Waals surface area (Å²) in [6.07, 6.45) is 3.48. The second kappa shape index (κ2) is 5.05. The highest BCUT2D eigenvalue weighted by atomic mass is 16.2. The van der Waals surface area contributed by atoms with Gasteiger partial charge in [-0.2, -0.15) is 5.10 Å². The third-order valence-electron chi connectivity index (χ3n) is 4.51. The van der Waals surface area contributed by atoms with Gasteiger partial charge < -0.3 is 9.80 Å². The molecule has 0 N–H and O–H groups in total. The van der Waals surface area contributed by atoms with Crippen LogP contribution in [0.3, 0.4) is 0 Å². The zero-order valence-corrected chi connectivity index (χ0v) is 12.4. The number of anilines is 2. The van der Waals surface area contributed by atoms with Crippen LogP contribution in [-0.2, 0) is 4.79 Å². The van der Waals surface area contributed by atoms with Crippen molar-refractivity contribution in [1.82, 2.24) is 15.2 Å². The van der Waals surface area contributed by atoms with E-state index in [1.807, 2.05) is 36.1 Å². The van der Waals surface area contributed by atoms with Crippen molar-refractivity contribution in [2.75, 3.05) is 29.4 Å². The Hall–Kier alpha value is -2.50. The number of carbonyl (C=O) groups is 1. The normalized spacial score (nSPS) is 24.0. The molecule has 2 saturated heterocycles. The molecule has 4 rings (SSSR count). The van der Waals surface area contributed by atoms with Gasteiger partial charge in [-0.05, 0) is 31.2 Å². The molecule has 2 fully saturated rings. The molecule has 2 aromatic heterocycles. The predicted octanol–water partition coefficient (Wildman–Crippen LogP) is 1.28. The van der Waals surface area contributed by atoms with Crippen molar-refractivity contribution < 1.29 is 4.79 Å². The molecule has 0 aliphatic carbocycles. The fraction of sp³-hybridized carbons (Fsp3) is 0.375. The Bertz CT molecular complexity index is 687. The molecule has 22 heavy (non-hydrogen) atoms. The molecular formula is C16H17N5O. The Morgan fingerprint density at radius 1 is 1.14 bits per heavy atom. The van der Waals surface area contributed by atoms with Gasteiger partial charge >= 0.3 is 0 Å². The Morgan fingerprint density at radius 3 is 2.73 bits per heavy atom. The number of carbonyl (C=O) groups excluding carboxylic acids is 1. The summed E-state index contributed by atoms with van der Waals surface area (Å²) in [7, 11) is 0. The molecule has 2 aromatic rings. The van der Waals surface area contributed by atoms with Gasteiger partial charge in [-0.3, -0.25) is 9.78 Å². The Morgan fingerprint density at radius 2 is 2.05 bits per heavy atom. The average molecular weight is 295 g/mol. The molecule has 0 aromatic carbocycles. The van der Waals surface area contributed by atoms with Crippen LogP contribution < -0.4 is 9.80 Å². The lowest BCUT2D eigenvalue weighted by molar-refractivity contribution is -0.120. The van der Waals surface area contributed by atoms with E-state index in [1.165, 1.54) is 0 Å². The van der Waals surface area contributed by atoms with Crippen LogP contribution in [0.1, 0.15) is 5.69 Å². The van der Waals surface area contributed by atoms with Gasteiger partial charge in [0, 0.05) is 31.7 Å². The maximum atomic E-state index is 12.7. The largest absolute Gasteiger partial charge is 0.354 e. The highest BCUT2D eigenvalue weighted by Crippen LogP contribution is 2.36. The summed E-state index contributed by atoms with van der Waals surface area (Å²) in [5.74, 6) is 1.44. The van der Waals surface area contributed by atoms with E-state index in [0.717, 1.165) is 36.8 Å². The molecule has 6 heteroatoms. The van der Waals surface area contributed by atoms with Gasteiger partial charge in [0.1, 0.15) is 0 Å². The van der Waals surface area contributed by atoms with E-state index in [4.69, 9.17) is 0 Å². The number of nitrogens with zero attached hydrogens (tertiary/aromatic N) is 5. The first kappa shape index (κ1) is 13.2. The van der Waals surface area contributed by atoms with Crippen LogP contribution in [0.5, 0.6) is 0 Å². The number of amides is 1. The van der Waals surface area contributed by atoms with Crippen molar-refractivity contribution in [3.8, 4) is 0 Å². The predicted molar refractivity (Wildman–Crippen MR) is 82.6 cm³/mol. The molecular weight excluding hydrogens is 278 g/mol. The summed E-state index contributed by atoms with van der Waals surface area (Å²) in [4.78, 5) is 20.8. The van der Waals surface area contributed by atoms with Crippen LogP contribution in [0.15, 0.2) is 36.7 Å². The fourth-order valence-corrected chi connectivity index (χ4v) is 3.35. The minimum absolute atomic E-state index is 0.0447. The molecule has 0 saturated carbocycles. The van der Waals surface area contributed by atoms with Gasteiger partial charge in [0.2, 0.25) is 5.91 Å². The summed E-state index contributed by atoms with van der Waals surface area (Å²) in [5, 5.41) is 8.33. The zero-order valence-electron chi connectivity index (χ0n) is 12.4. The summed E-state index contributed by atoms with van der Waals surface area (Å²) in [6.45, 7) is 4.25. The van der Waals surface area contributed by atoms with Crippen LogP contribution >= 0.6 is 0 Å². The third-order valence-corrected chi connectivity index (χ3v) is 4.51. The molecule has 0 bridgehead atoms. The SMILES string of the molecule is Cc1ccc(N2C[C@@H]3CN(c4cccnc4)C(=O)[C@@H]3C2)nn1. The number of aryl methyl sites for hydroxylation is 1. The number of rotatable bonds is 2. The molecule has 0 spiro atoms. The van der Waals surface area contributed by atoms with E-state index >= 15 is 0 Å². The van der Waals surface area contributed by atoms with E-state index in [1.54, 1.807) is 12.4 Å². The molecule has 2 atom stereocenters. The standard InChI is InChI=1S/C16H17N5O/c1-11-4-5-15(19-18-11)20-8-12-9-21(16(22)14(12)10-20)13-3-2-6-17-7-13/h2-7,12,14H,8-10H2,1H3/t12-,14-/m1/s1. The van der Waals surface area contributed by atoms with Crippen molar-refractivity contribution in [2.45, 2.75) is 6.92 Å². The first-order chi connectivity index (χ1) is 10.7. The molecule has 1 amide bonds. The first-order valence-corrected chi connectivity index (χ1v) is 7.49. The third kappa shape index (κ3) is 2.11. The number of fused-ring (bicyclic) bond motifs is 1. The number of hydrogen-bond donors (Lipinski definition) is 0. The smallest absolute Gasteiger partial charge is 0.232 e. The van der Waals surface area contributed by atoms with Gasteiger partial charge in [-0.15, -0.1) is 5.10 Å². The van der Waals surface area contributed by atoms with E-state index in [0.29, 0.717) is 5.92 Å². The summed E-state index contributed by atoms with van der Waals surface area (Å²) >= 11 is 0. The monoisotopic (exact) mass is 295 g/mol. The van der Waals surface area contributed by atoms with Crippen LogP contribution in [0.25, 0.3) is 0 Å². The number of pyridine rings is 1. The second-order valence-electron chi connectivity index (χ2n) is 5.96.